The lowest BCUT2D eigenvalue weighted by atomic mass is 10.0. The lowest BCUT2D eigenvalue weighted by molar-refractivity contribution is -0.0428. The van der Waals surface area contributed by atoms with Crippen LogP contribution in [0.3, 0.4) is 0 Å². The van der Waals surface area contributed by atoms with Crippen molar-refractivity contribution in [3.63, 3.8) is 0 Å². The van der Waals surface area contributed by atoms with Gasteiger partial charge in [-0.25, -0.2) is 19.3 Å². The number of aromatic amines is 1. The van der Waals surface area contributed by atoms with Gasteiger partial charge >= 0.3 is 6.72 Å². The lowest BCUT2D eigenvalue weighted by Gasteiger charge is -2.27. The number of nitrogen functional groups attached to an aromatic ring is 2. The van der Waals surface area contributed by atoms with Gasteiger partial charge in [0.05, 0.1) is 43.7 Å². The Morgan fingerprint density at radius 2 is 2.02 bits per heavy atom. The molecule has 0 spiro atoms. The number of nitrogens with one attached hydrogen (secondary N) is 1. The van der Waals surface area contributed by atoms with Crippen LogP contribution in [0.4, 0.5) is 16.2 Å². The number of hydrogen-bond acceptors (Lipinski definition) is 13. The van der Waals surface area contributed by atoms with Gasteiger partial charge in [0, 0.05) is 17.4 Å². The maximum absolute atomic E-state index is 16.0. The van der Waals surface area contributed by atoms with Crippen LogP contribution in [-0.4, -0.2) is 82.4 Å². The lowest BCUT2D eigenvalue weighted by Crippen LogP contribution is -2.32. The van der Waals surface area contributed by atoms with Gasteiger partial charge in [-0.15, -0.1) is 11.8 Å². The zero-order chi connectivity index (χ0) is 28.5. The first-order valence-electron chi connectivity index (χ1n) is 12.7. The first kappa shape index (κ1) is 27.2. The van der Waals surface area contributed by atoms with Gasteiger partial charge in [-0.05, 0) is 24.3 Å². The second-order valence-corrected chi connectivity index (χ2v) is 14.2. The number of H-pyrrole nitrogens is 1. The summed E-state index contributed by atoms with van der Waals surface area (Å²) in [5, 5.41) is 0.00210. The van der Waals surface area contributed by atoms with Crippen molar-refractivity contribution in [2.24, 2.45) is 5.92 Å². The molecule has 19 heteroatoms. The Hall–Kier alpha value is -2.70. The standard InChI is InChI=1S/C22H25FN9O6PS2/c23-14-11-5-35-4-9-3-12(21(41-9)32-8-28-15-18(32)29-22(25)30-19(15)33)38-39(34,40)36-6-13(11)37-20(14)31-2-1-10-16(24)26-7-27-17(10)31/h1-2,7-9,11-14,20-21H,3-6H2,(H,34,40)(H2,24,26,27)(H3,25,29,30,33)/t9-,11?,12+,13+,14-,20+,21+,39?/m0/s1. The smallest absolute Gasteiger partial charge is 0.324 e. The van der Waals surface area contributed by atoms with E-state index in [0.717, 1.165) is 0 Å². The van der Waals surface area contributed by atoms with Crippen molar-refractivity contribution >= 4 is 64.3 Å². The molecule has 7 rings (SSSR count). The number of halogens is 1. The predicted molar refractivity (Wildman–Crippen MR) is 150 cm³/mol. The third kappa shape index (κ3) is 4.81. The first-order valence-corrected chi connectivity index (χ1v) is 16.2. The zero-order valence-electron chi connectivity index (χ0n) is 21.1. The number of alkyl halides is 1. The summed E-state index contributed by atoms with van der Waals surface area (Å²) in [6, 6.07) is 1.70. The van der Waals surface area contributed by atoms with E-state index in [1.54, 1.807) is 21.4 Å². The number of fused-ring (bicyclic) bond motifs is 5. The molecule has 4 aromatic heterocycles. The molecule has 0 radical (unpaired) electrons. The van der Waals surface area contributed by atoms with Crippen LogP contribution >= 0.6 is 18.5 Å². The molecule has 0 saturated carbocycles. The maximum Gasteiger partial charge on any atom is 0.324 e. The van der Waals surface area contributed by atoms with Crippen LogP contribution in [0.5, 0.6) is 0 Å². The molecule has 6 N–H and O–H groups in total. The minimum absolute atomic E-state index is 0.0467. The molecular formula is C22H25FN9O6PS2. The molecule has 0 aromatic carbocycles. The highest BCUT2D eigenvalue weighted by molar-refractivity contribution is 8.07. The van der Waals surface area contributed by atoms with E-state index in [-0.39, 0.29) is 48.0 Å². The number of ether oxygens (including phenoxy) is 2. The fourth-order valence-electron chi connectivity index (χ4n) is 5.55. The summed E-state index contributed by atoms with van der Waals surface area (Å²) in [7, 11) is 0. The molecule has 7 heterocycles. The molecule has 3 saturated heterocycles. The van der Waals surface area contributed by atoms with E-state index in [1.165, 1.54) is 24.4 Å². The highest BCUT2D eigenvalue weighted by Gasteiger charge is 2.48. The molecule has 4 aromatic rings. The van der Waals surface area contributed by atoms with Crippen LogP contribution in [0.25, 0.3) is 22.2 Å². The van der Waals surface area contributed by atoms with Gasteiger partial charge in [-0.3, -0.25) is 14.3 Å². The third-order valence-corrected chi connectivity index (χ3v) is 10.6. The predicted octanol–water partition coefficient (Wildman–Crippen LogP) is 1.23. The number of rotatable bonds is 2. The second-order valence-electron chi connectivity index (χ2n) is 10.00. The van der Waals surface area contributed by atoms with Crippen molar-refractivity contribution in [1.29, 1.82) is 0 Å². The molecule has 15 nitrogen and oxygen atoms in total. The van der Waals surface area contributed by atoms with Gasteiger partial charge in [0.1, 0.15) is 23.2 Å². The SMILES string of the molecule is Nc1nc2c(ncn2[C@@H]2S[C@@H]3COCC4[C@@H](COP(O)(=S)O[C@@H]2C3)O[C@@H](n2ccc3c(N)ncnc32)[C@H]4F)c(=O)[nH]1. The van der Waals surface area contributed by atoms with E-state index in [1.807, 2.05) is 0 Å². The third-order valence-electron chi connectivity index (χ3n) is 7.44. The molecule has 3 aliphatic rings. The Balaban J connectivity index is 1.15. The van der Waals surface area contributed by atoms with E-state index >= 15 is 4.39 Å². The number of imidazole rings is 1. The molecule has 2 unspecified atom stereocenters. The van der Waals surface area contributed by atoms with Gasteiger partial charge < -0.3 is 39.4 Å². The van der Waals surface area contributed by atoms with Crippen LogP contribution in [0.2, 0.25) is 0 Å². The molecule has 218 valence electrons. The van der Waals surface area contributed by atoms with Crippen molar-refractivity contribution in [3.05, 3.63) is 35.3 Å². The molecule has 0 aliphatic carbocycles. The summed E-state index contributed by atoms with van der Waals surface area (Å²) in [4.78, 5) is 42.4. The fraction of sp³-hybridized carbons (Fsp3) is 0.500. The fourth-order valence-corrected chi connectivity index (χ4v) is 8.58. The minimum atomic E-state index is -3.81. The summed E-state index contributed by atoms with van der Waals surface area (Å²) in [6.07, 6.45) is 0.940. The molecule has 3 fully saturated rings. The van der Waals surface area contributed by atoms with Gasteiger partial charge in [-0.2, -0.15) is 4.98 Å². The average molecular weight is 626 g/mol. The largest absolute Gasteiger partial charge is 0.383 e. The second kappa shape index (κ2) is 10.2. The normalized spacial score (nSPS) is 34.4. The van der Waals surface area contributed by atoms with Crippen molar-refractivity contribution in [3.8, 4) is 0 Å². The van der Waals surface area contributed by atoms with Crippen LogP contribution in [0, 0.1) is 5.92 Å². The molecule has 0 amide bonds. The molecular weight excluding hydrogens is 600 g/mol. The Kier molecular flexibility index (Phi) is 6.78. The molecule has 41 heavy (non-hydrogen) atoms. The molecule has 2 bridgehead atoms. The average Bonchev–Trinajstić information content (AvgIpc) is 3.68. The monoisotopic (exact) mass is 625 g/mol. The van der Waals surface area contributed by atoms with Crippen LogP contribution < -0.4 is 17.0 Å². The van der Waals surface area contributed by atoms with Gasteiger partial charge in [0.15, 0.2) is 23.6 Å². The van der Waals surface area contributed by atoms with Crippen molar-refractivity contribution in [2.45, 2.75) is 41.7 Å². The van der Waals surface area contributed by atoms with E-state index in [9.17, 15) is 9.69 Å². The maximum atomic E-state index is 16.0. The highest BCUT2D eigenvalue weighted by atomic mass is 32.5. The number of hydrogen-bond donors (Lipinski definition) is 4. The Morgan fingerprint density at radius 3 is 2.88 bits per heavy atom. The van der Waals surface area contributed by atoms with Crippen LogP contribution in [-0.2, 0) is 30.3 Å². The summed E-state index contributed by atoms with van der Waals surface area (Å²) in [5.74, 6) is -0.500. The summed E-state index contributed by atoms with van der Waals surface area (Å²) >= 11 is 6.84. The minimum Gasteiger partial charge on any atom is -0.383 e. The quantitative estimate of drug-likeness (QED) is 0.232. The van der Waals surface area contributed by atoms with E-state index in [0.29, 0.717) is 17.5 Å². The number of aromatic nitrogens is 7. The van der Waals surface area contributed by atoms with E-state index in [4.69, 9.17) is 41.8 Å². The van der Waals surface area contributed by atoms with Gasteiger partial charge in [0.25, 0.3) is 5.56 Å². The number of anilines is 2. The molecule has 3 aliphatic heterocycles. The Labute approximate surface area is 240 Å². The molecule has 8 atom stereocenters. The summed E-state index contributed by atoms with van der Waals surface area (Å²) in [5.41, 5.74) is 12.1. The number of nitrogens with zero attached hydrogens (tertiary/aromatic N) is 6. The summed E-state index contributed by atoms with van der Waals surface area (Å²) in [6.45, 7) is -3.71. The van der Waals surface area contributed by atoms with Crippen LogP contribution in [0.15, 0.2) is 29.7 Å². The Morgan fingerprint density at radius 1 is 1.17 bits per heavy atom. The van der Waals surface area contributed by atoms with Gasteiger partial charge in [0.2, 0.25) is 5.95 Å². The topological polar surface area (TPSA) is 203 Å². The van der Waals surface area contributed by atoms with Crippen molar-refractivity contribution in [2.75, 3.05) is 31.3 Å². The van der Waals surface area contributed by atoms with Crippen molar-refractivity contribution < 1.29 is 27.8 Å². The van der Waals surface area contributed by atoms with Crippen LogP contribution in [0.1, 0.15) is 18.0 Å². The first-order chi connectivity index (χ1) is 19.7. The van der Waals surface area contributed by atoms with Gasteiger partial charge in [-0.1, -0.05) is 0 Å². The number of thioether (sulfide) groups is 1. The Bertz CT molecular complexity index is 1740. The van der Waals surface area contributed by atoms with E-state index < -0.39 is 48.2 Å². The highest BCUT2D eigenvalue weighted by Crippen LogP contribution is 2.54. The zero-order valence-corrected chi connectivity index (χ0v) is 23.7. The van der Waals surface area contributed by atoms with Crippen molar-refractivity contribution in [1.82, 2.24) is 34.1 Å². The summed E-state index contributed by atoms with van der Waals surface area (Å²) < 4.78 is 43.0. The van der Waals surface area contributed by atoms with E-state index in [2.05, 4.69) is 24.9 Å². The number of nitrogens with two attached hydrogens (primary N) is 2.